The van der Waals surface area contributed by atoms with Crippen molar-refractivity contribution in [2.75, 3.05) is 11.9 Å². The molecule has 12 nitrogen and oxygen atoms in total. The van der Waals surface area contributed by atoms with Crippen LogP contribution in [0.5, 0.6) is 5.75 Å². The second-order valence-corrected chi connectivity index (χ2v) is 10.5. The van der Waals surface area contributed by atoms with Gasteiger partial charge in [0, 0.05) is 5.69 Å². The minimum atomic E-state index is -1.53. The van der Waals surface area contributed by atoms with Crippen molar-refractivity contribution in [3.8, 4) is 5.75 Å². The van der Waals surface area contributed by atoms with Crippen molar-refractivity contribution in [1.29, 1.82) is 0 Å². The number of para-hydroxylation sites is 1. The lowest BCUT2D eigenvalue weighted by molar-refractivity contribution is -0.155. The predicted molar refractivity (Wildman–Crippen MR) is 143 cm³/mol. The first-order valence-corrected chi connectivity index (χ1v) is 13.3. The standard InChI is InChI=1S/C28H33N5O7/c1-4-13(2)19(30-3)24(35)31-20-21(14-9-11-15(34)12-10-14)32-17-8-6-5-7-16(17)18-23(40-28(29)39)22(27(37)38)33(25(18)32)26(20)36/h5-13,18-23,25,30,34H,4H2,1-3H3,(H2,29,39)(H,31,35)(H,37,38)/t13-,18-,19-,20-,21+,22-,23-,25+/m0/s1. The molecule has 0 spiro atoms. The van der Waals surface area contributed by atoms with E-state index in [4.69, 9.17) is 10.5 Å². The number of primary amides is 1. The Morgan fingerprint density at radius 3 is 2.38 bits per heavy atom. The highest BCUT2D eigenvalue weighted by molar-refractivity contribution is 5.96. The molecule has 5 rings (SSSR count). The van der Waals surface area contributed by atoms with Gasteiger partial charge in [0.25, 0.3) is 0 Å². The van der Waals surface area contributed by atoms with Crippen LogP contribution in [0.4, 0.5) is 10.5 Å². The van der Waals surface area contributed by atoms with Gasteiger partial charge in [-0.05, 0) is 42.3 Å². The number of carboxylic acids is 1. The number of nitrogens with zero attached hydrogens (tertiary/aromatic N) is 2. The number of ether oxygens (including phenoxy) is 1. The van der Waals surface area contributed by atoms with E-state index < -0.39 is 66.2 Å². The van der Waals surface area contributed by atoms with Gasteiger partial charge < -0.3 is 41.1 Å². The topological polar surface area (TPSA) is 175 Å². The van der Waals surface area contributed by atoms with Crippen LogP contribution in [0.25, 0.3) is 0 Å². The molecule has 12 heteroatoms. The molecule has 3 aliphatic heterocycles. The number of carbonyl (C=O) groups is 4. The first-order valence-electron chi connectivity index (χ1n) is 13.3. The number of benzene rings is 2. The maximum Gasteiger partial charge on any atom is 0.404 e. The van der Waals surface area contributed by atoms with Crippen molar-refractivity contribution < 1.29 is 34.1 Å². The summed E-state index contributed by atoms with van der Waals surface area (Å²) in [4.78, 5) is 55.6. The number of carbonyl (C=O) groups excluding carboxylic acids is 3. The average Bonchev–Trinajstić information content (AvgIpc) is 3.42. The molecule has 212 valence electrons. The zero-order valence-corrected chi connectivity index (χ0v) is 22.4. The molecular weight excluding hydrogens is 518 g/mol. The van der Waals surface area contributed by atoms with Gasteiger partial charge in [0.15, 0.2) is 6.04 Å². The third-order valence-corrected chi connectivity index (χ3v) is 8.41. The van der Waals surface area contributed by atoms with Crippen molar-refractivity contribution in [2.24, 2.45) is 11.7 Å². The number of aromatic hydroxyl groups is 1. The molecule has 2 aromatic rings. The smallest absolute Gasteiger partial charge is 0.404 e. The van der Waals surface area contributed by atoms with E-state index in [2.05, 4.69) is 10.6 Å². The highest BCUT2D eigenvalue weighted by atomic mass is 16.6. The van der Waals surface area contributed by atoms with Crippen molar-refractivity contribution in [3.63, 3.8) is 0 Å². The van der Waals surface area contributed by atoms with Crippen LogP contribution in [0.1, 0.15) is 43.4 Å². The fourth-order valence-corrected chi connectivity index (χ4v) is 6.54. The number of phenols is 1. The van der Waals surface area contributed by atoms with Gasteiger partial charge in [-0.25, -0.2) is 9.59 Å². The molecule has 0 saturated carbocycles. The molecule has 0 bridgehead atoms. The summed E-state index contributed by atoms with van der Waals surface area (Å²) < 4.78 is 5.39. The lowest BCUT2D eigenvalue weighted by Gasteiger charge is -2.49. The molecule has 3 heterocycles. The largest absolute Gasteiger partial charge is 0.508 e. The molecule has 0 aliphatic carbocycles. The highest BCUT2D eigenvalue weighted by Gasteiger charge is 2.67. The lowest BCUT2D eigenvalue weighted by atomic mass is 9.91. The molecule has 3 amide bonds. The van der Waals surface area contributed by atoms with Crippen molar-refractivity contribution in [1.82, 2.24) is 15.5 Å². The van der Waals surface area contributed by atoms with Gasteiger partial charge in [0.05, 0.1) is 18.0 Å². The number of fused-ring (bicyclic) bond motifs is 3. The summed E-state index contributed by atoms with van der Waals surface area (Å²) in [6.45, 7) is 3.88. The molecular formula is C28H33N5O7. The Morgan fingerprint density at radius 2 is 1.77 bits per heavy atom. The molecule has 0 radical (unpaired) electrons. The number of anilines is 1. The third-order valence-electron chi connectivity index (χ3n) is 8.41. The Kier molecular flexibility index (Phi) is 7.05. The molecule has 2 saturated heterocycles. The Morgan fingerprint density at radius 1 is 1.10 bits per heavy atom. The first kappa shape index (κ1) is 27.3. The van der Waals surface area contributed by atoms with E-state index in [0.717, 1.165) is 0 Å². The van der Waals surface area contributed by atoms with Gasteiger partial charge in [-0.3, -0.25) is 9.59 Å². The maximum absolute atomic E-state index is 14.3. The van der Waals surface area contributed by atoms with E-state index in [1.165, 1.54) is 17.0 Å². The Labute approximate surface area is 231 Å². The molecule has 2 aromatic carbocycles. The van der Waals surface area contributed by atoms with Gasteiger partial charge in [-0.2, -0.15) is 0 Å². The monoisotopic (exact) mass is 551 g/mol. The van der Waals surface area contributed by atoms with Crippen LogP contribution >= 0.6 is 0 Å². The number of amides is 3. The summed E-state index contributed by atoms with van der Waals surface area (Å²) >= 11 is 0. The third kappa shape index (κ3) is 4.19. The van der Waals surface area contributed by atoms with Crippen molar-refractivity contribution in [3.05, 3.63) is 59.7 Å². The Hall–Kier alpha value is -4.32. The molecule has 0 aromatic heterocycles. The predicted octanol–water partition coefficient (Wildman–Crippen LogP) is 1.26. The summed E-state index contributed by atoms with van der Waals surface area (Å²) in [5, 5.41) is 26.2. The lowest BCUT2D eigenvalue weighted by Crippen LogP contribution is -2.68. The van der Waals surface area contributed by atoms with Crippen LogP contribution in [0.3, 0.4) is 0 Å². The number of nitrogens with one attached hydrogen (secondary N) is 2. The van der Waals surface area contributed by atoms with Crippen LogP contribution < -0.4 is 21.3 Å². The van der Waals surface area contributed by atoms with E-state index in [1.807, 2.05) is 36.9 Å². The van der Waals surface area contributed by atoms with Crippen molar-refractivity contribution in [2.45, 2.75) is 62.6 Å². The molecule has 3 aliphatic rings. The normalized spacial score (nSPS) is 27.9. The van der Waals surface area contributed by atoms with E-state index in [-0.39, 0.29) is 11.7 Å². The summed E-state index contributed by atoms with van der Waals surface area (Å²) in [5.74, 6) is -3.10. The van der Waals surface area contributed by atoms with Gasteiger partial charge in [0.1, 0.15) is 24.1 Å². The quantitative estimate of drug-likeness (QED) is 0.323. The first-order chi connectivity index (χ1) is 19.1. The van der Waals surface area contributed by atoms with E-state index >= 15 is 0 Å². The van der Waals surface area contributed by atoms with Crippen LogP contribution in [0.2, 0.25) is 0 Å². The van der Waals surface area contributed by atoms with Crippen LogP contribution in [0, 0.1) is 5.92 Å². The number of nitrogens with two attached hydrogens (primary N) is 1. The van der Waals surface area contributed by atoms with E-state index in [1.54, 1.807) is 25.2 Å². The van der Waals surface area contributed by atoms with Crippen LogP contribution in [0.15, 0.2) is 48.5 Å². The number of rotatable bonds is 8. The number of hydrogen-bond donors (Lipinski definition) is 5. The number of aliphatic carboxylic acids is 1. The van der Waals surface area contributed by atoms with E-state index in [9.17, 15) is 29.4 Å². The molecule has 8 atom stereocenters. The second kappa shape index (κ2) is 10.3. The van der Waals surface area contributed by atoms with Crippen LogP contribution in [-0.2, 0) is 19.1 Å². The second-order valence-electron chi connectivity index (χ2n) is 10.5. The highest BCUT2D eigenvalue weighted by Crippen LogP contribution is 2.56. The van der Waals surface area contributed by atoms with Gasteiger partial charge in [-0.15, -0.1) is 0 Å². The summed E-state index contributed by atoms with van der Waals surface area (Å²) in [6.07, 6.45) is -2.52. The Balaban J connectivity index is 1.69. The maximum atomic E-state index is 14.3. The zero-order chi connectivity index (χ0) is 28.9. The van der Waals surface area contributed by atoms with Gasteiger partial charge in [-0.1, -0.05) is 50.6 Å². The SMILES string of the molecule is CC[C@H](C)[C@H](NC)C(=O)N[C@@H]1C(=O)N2[C@H](C(=O)O)[C@@H](OC(N)=O)[C@@H]3c4ccccc4N([C@@H]1c1ccc(O)cc1)[C@@H]32. The number of phenolic OH excluding ortho intramolecular Hbond substituents is 1. The fraction of sp³-hybridized carbons (Fsp3) is 0.429. The van der Waals surface area contributed by atoms with E-state index in [0.29, 0.717) is 23.2 Å². The van der Waals surface area contributed by atoms with Gasteiger partial charge >= 0.3 is 12.1 Å². The average molecular weight is 552 g/mol. The molecule has 2 fully saturated rings. The minimum Gasteiger partial charge on any atom is -0.508 e. The van der Waals surface area contributed by atoms with Gasteiger partial charge in [0.2, 0.25) is 11.8 Å². The molecule has 40 heavy (non-hydrogen) atoms. The summed E-state index contributed by atoms with van der Waals surface area (Å²) in [5.41, 5.74) is 7.40. The Bertz CT molecular complexity index is 1330. The summed E-state index contributed by atoms with van der Waals surface area (Å²) in [7, 11) is 1.67. The fourth-order valence-electron chi connectivity index (χ4n) is 6.54. The number of hydrogen-bond acceptors (Lipinski definition) is 8. The van der Waals surface area contributed by atoms with Crippen molar-refractivity contribution >= 4 is 29.6 Å². The minimum absolute atomic E-state index is 0.0292. The summed E-state index contributed by atoms with van der Waals surface area (Å²) in [6, 6.07) is 9.50. The number of carboxylic acid groups (broad SMARTS) is 1. The number of likely N-dealkylation sites (N-methyl/N-ethyl adjacent to an activating group) is 1. The van der Waals surface area contributed by atoms with Crippen LogP contribution in [-0.4, -0.2) is 76.4 Å². The zero-order valence-electron chi connectivity index (χ0n) is 22.4. The molecule has 0 unspecified atom stereocenters. The molecule has 6 N–H and O–H groups in total.